The molecule has 8 atom stereocenters. The molecule has 13 heteroatoms. The van der Waals surface area contributed by atoms with E-state index >= 15 is 0 Å². The van der Waals surface area contributed by atoms with E-state index in [1.165, 1.54) is 0 Å². The molecule has 7 aliphatic heterocycles. The molecule has 0 saturated carbocycles. The van der Waals surface area contributed by atoms with Crippen molar-refractivity contribution >= 4 is 28.6 Å². The minimum Gasteiger partial charge on any atom is -0.504 e. The number of aromatic amines is 1. The summed E-state index contributed by atoms with van der Waals surface area (Å²) in [5, 5.41) is 39.5. The number of para-hydroxylation sites is 1. The number of aromatic nitrogens is 1. The number of aryl methyl sites for hydroxylation is 1. The van der Waals surface area contributed by atoms with Crippen molar-refractivity contribution in [3.8, 4) is 23.0 Å². The molecule has 1 aromatic heterocycles. The molecule has 53 heavy (non-hydrogen) atoms. The van der Waals surface area contributed by atoms with Crippen molar-refractivity contribution in [2.45, 2.75) is 80.8 Å². The highest BCUT2D eigenvalue weighted by Crippen LogP contribution is 2.63. The fourth-order valence-electron chi connectivity index (χ4n) is 10.6. The smallest absolute Gasteiger partial charge is 0.333 e. The van der Waals surface area contributed by atoms with Gasteiger partial charge in [0.15, 0.2) is 28.5 Å². The van der Waals surface area contributed by atoms with Gasteiger partial charge in [0.25, 0.3) is 0 Å². The first-order valence-corrected chi connectivity index (χ1v) is 19.4. The highest BCUT2D eigenvalue weighted by molar-refractivity contribution is 7.99. The zero-order valence-corrected chi connectivity index (χ0v) is 31.2. The van der Waals surface area contributed by atoms with Gasteiger partial charge in [0.2, 0.25) is 6.79 Å². The number of thioether (sulfide) groups is 1. The first-order valence-electron chi connectivity index (χ1n) is 18.4. The van der Waals surface area contributed by atoms with Gasteiger partial charge in [-0.2, -0.15) is 0 Å². The molecule has 3 aromatic carbocycles. The van der Waals surface area contributed by atoms with Crippen LogP contribution in [0, 0.1) is 20.8 Å². The van der Waals surface area contributed by atoms with E-state index in [9.17, 15) is 20.1 Å². The van der Waals surface area contributed by atoms with Crippen molar-refractivity contribution in [2.75, 3.05) is 39.9 Å². The second-order valence-electron chi connectivity index (χ2n) is 15.5. The number of methoxy groups -OCH3 is 1. The summed E-state index contributed by atoms with van der Waals surface area (Å²) in [7, 11) is 3.61. The number of hydrogen-bond donors (Lipinski definition) is 5. The van der Waals surface area contributed by atoms with Gasteiger partial charge < -0.3 is 39.3 Å². The maximum Gasteiger partial charge on any atom is 0.333 e. The third kappa shape index (κ3) is 4.34. The molecular formula is C40H44N4O8S. The third-order valence-corrected chi connectivity index (χ3v) is 14.6. The molecule has 0 aliphatic carbocycles. The Labute approximate surface area is 311 Å². The second kappa shape index (κ2) is 11.8. The molecule has 0 radical (unpaired) electrons. The number of benzene rings is 3. The Morgan fingerprint density at radius 1 is 1.06 bits per heavy atom. The van der Waals surface area contributed by atoms with Gasteiger partial charge in [-0.05, 0) is 80.1 Å². The number of nitrogens with one attached hydrogen (secondary N) is 2. The molecule has 5 N–H and O–H groups in total. The molecule has 0 unspecified atom stereocenters. The lowest BCUT2D eigenvalue weighted by Gasteiger charge is -2.62. The maximum absolute atomic E-state index is 14.9. The van der Waals surface area contributed by atoms with E-state index in [1.54, 1.807) is 18.9 Å². The van der Waals surface area contributed by atoms with Gasteiger partial charge in [-0.25, -0.2) is 4.79 Å². The normalized spacial score (nSPS) is 31.5. The Bertz CT molecular complexity index is 2220. The number of piperazine rings is 1. The van der Waals surface area contributed by atoms with Crippen LogP contribution in [0.25, 0.3) is 10.9 Å². The number of nitrogens with zero attached hydrogens (tertiary/aromatic N) is 2. The van der Waals surface area contributed by atoms with Crippen LogP contribution in [0.5, 0.6) is 23.0 Å². The number of carbonyl (C=O) groups is 1. The number of aliphatic hydroxyl groups excluding tert-OH is 2. The van der Waals surface area contributed by atoms with E-state index in [4.69, 9.17) is 18.9 Å². The van der Waals surface area contributed by atoms with Crippen LogP contribution in [0.15, 0.2) is 30.3 Å². The Balaban J connectivity index is 1.22. The summed E-state index contributed by atoms with van der Waals surface area (Å²) in [6.07, 6.45) is 0.144. The third-order valence-electron chi connectivity index (χ3n) is 13.1. The van der Waals surface area contributed by atoms with Gasteiger partial charge in [0.05, 0.1) is 37.5 Å². The number of phenolic OH excluding ortho intramolecular Hbond substituents is 1. The largest absolute Gasteiger partial charge is 0.504 e. The Hall–Kier alpha value is -3.98. The van der Waals surface area contributed by atoms with E-state index in [-0.39, 0.29) is 60.9 Å². The minimum absolute atomic E-state index is 0.0585. The molecular weight excluding hydrogens is 697 g/mol. The van der Waals surface area contributed by atoms with Gasteiger partial charge >= 0.3 is 5.97 Å². The fraction of sp³-hybridized carbons (Fsp3) is 0.475. The van der Waals surface area contributed by atoms with Crippen LogP contribution in [0.1, 0.15) is 67.5 Å². The summed E-state index contributed by atoms with van der Waals surface area (Å²) >= 11 is 1.64. The van der Waals surface area contributed by atoms with Crippen molar-refractivity contribution in [2.24, 2.45) is 0 Å². The molecule has 4 aromatic rings. The van der Waals surface area contributed by atoms with Crippen LogP contribution in [-0.2, 0) is 27.9 Å². The molecule has 278 valence electrons. The van der Waals surface area contributed by atoms with E-state index in [2.05, 4.69) is 46.1 Å². The molecule has 7 aliphatic rings. The standard InChI is InChI=1S/C40H44N4O8S/c1-17-10-20-11-25-38(47)44-26-14-50-39(48)40(37-23(12-21(13-45)42-40)22-8-6-7-9-24(22)41-37)15-53-36(27-18(2)19(3)34-35(29(26)27)52-16-51-34)31(44)30(43(25)4)28(20)32(46)33(17)49-5/h6-10,21,25-26,30-31,36,38,41-42,45-47H,11-16H2,1-5H3/t21-,25-,26-,30+,31+,36+,38-,40+/m0/s1. The number of esters is 1. The highest BCUT2D eigenvalue weighted by Gasteiger charge is 2.61. The number of hydrogen-bond acceptors (Lipinski definition) is 12. The topological polar surface area (TPSA) is 149 Å². The van der Waals surface area contributed by atoms with Crippen molar-refractivity contribution < 1.29 is 39.1 Å². The number of carbonyl (C=O) groups excluding carboxylic acids is 1. The van der Waals surface area contributed by atoms with Crippen LogP contribution in [-0.4, -0.2) is 100 Å². The monoisotopic (exact) mass is 740 g/mol. The second-order valence-corrected chi connectivity index (χ2v) is 16.7. The number of likely N-dealkylation sites (N-methyl/N-ethyl adjacent to an activating group) is 1. The van der Waals surface area contributed by atoms with Crippen LogP contribution in [0.4, 0.5) is 0 Å². The lowest BCUT2D eigenvalue weighted by atomic mass is 9.72. The lowest BCUT2D eigenvalue weighted by Crippen LogP contribution is -2.70. The zero-order chi connectivity index (χ0) is 36.7. The van der Waals surface area contributed by atoms with E-state index in [0.29, 0.717) is 30.1 Å². The fourth-order valence-corrected chi connectivity index (χ4v) is 12.4. The van der Waals surface area contributed by atoms with Crippen molar-refractivity contribution in [1.29, 1.82) is 0 Å². The van der Waals surface area contributed by atoms with Crippen LogP contribution in [0.3, 0.4) is 0 Å². The van der Waals surface area contributed by atoms with Crippen LogP contribution in [0.2, 0.25) is 0 Å². The SMILES string of the molecule is COc1c(C)cc2c(c1O)[C@@H]1[C@@H]3[C@@H]4SC[C@]5(N[C@H](CO)Cc6c5[nH]c5ccccc65)C(=O)OC[C@@H](c5c6c(c(C)c(C)c54)OCO6)N3[C@@H](O)[C@H](C2)N1C. The molecule has 8 heterocycles. The first kappa shape index (κ1) is 33.6. The molecule has 2 fully saturated rings. The summed E-state index contributed by atoms with van der Waals surface area (Å²) in [6.45, 7) is 5.98. The quantitative estimate of drug-likeness (QED) is 0.190. The summed E-state index contributed by atoms with van der Waals surface area (Å²) in [5.41, 5.74) is 8.01. The van der Waals surface area contributed by atoms with Gasteiger partial charge in [-0.3, -0.25) is 15.1 Å². The van der Waals surface area contributed by atoms with Gasteiger partial charge in [0.1, 0.15) is 12.8 Å². The summed E-state index contributed by atoms with van der Waals surface area (Å²) in [6, 6.07) is 8.13. The number of aromatic hydroxyl groups is 1. The lowest BCUT2D eigenvalue weighted by molar-refractivity contribution is -0.186. The highest BCUT2D eigenvalue weighted by atomic mass is 32.2. The number of rotatable bonds is 2. The number of phenols is 1. The molecule has 2 saturated heterocycles. The van der Waals surface area contributed by atoms with Crippen LogP contribution >= 0.6 is 11.8 Å². The van der Waals surface area contributed by atoms with Crippen LogP contribution < -0.4 is 19.5 Å². The Morgan fingerprint density at radius 2 is 1.85 bits per heavy atom. The van der Waals surface area contributed by atoms with Gasteiger partial charge in [0, 0.05) is 45.1 Å². The summed E-state index contributed by atoms with van der Waals surface area (Å²) in [4.78, 5) is 22.8. The molecule has 1 spiro atoms. The zero-order valence-electron chi connectivity index (χ0n) is 30.4. The summed E-state index contributed by atoms with van der Waals surface area (Å²) in [5.74, 6) is 1.71. The number of aliphatic hydroxyl groups is 2. The number of ether oxygens (including phenoxy) is 4. The molecule has 12 nitrogen and oxygen atoms in total. The van der Waals surface area contributed by atoms with Crippen molar-refractivity contribution in [3.05, 3.63) is 80.5 Å². The average Bonchev–Trinajstić information content (AvgIpc) is 3.80. The molecule has 0 amide bonds. The van der Waals surface area contributed by atoms with Crippen molar-refractivity contribution in [3.63, 3.8) is 0 Å². The van der Waals surface area contributed by atoms with Crippen molar-refractivity contribution in [1.82, 2.24) is 20.1 Å². The van der Waals surface area contributed by atoms with E-state index < -0.39 is 23.8 Å². The van der Waals surface area contributed by atoms with E-state index in [0.717, 1.165) is 61.1 Å². The molecule has 11 rings (SSSR count). The minimum atomic E-state index is -1.30. The first-order chi connectivity index (χ1) is 25.6. The van der Waals surface area contributed by atoms with Gasteiger partial charge in [-0.15, -0.1) is 11.8 Å². The summed E-state index contributed by atoms with van der Waals surface area (Å²) < 4.78 is 24.6. The average molecular weight is 741 g/mol. The number of fused-ring (bicyclic) bond motifs is 11. The van der Waals surface area contributed by atoms with Gasteiger partial charge in [-0.1, -0.05) is 24.3 Å². The maximum atomic E-state index is 14.9. The Kier molecular flexibility index (Phi) is 7.45. The predicted octanol–water partition coefficient (Wildman–Crippen LogP) is 3.92. The molecule has 4 bridgehead atoms. The number of H-pyrrole nitrogens is 1. The van der Waals surface area contributed by atoms with E-state index in [1.807, 2.05) is 32.2 Å². The Morgan fingerprint density at radius 3 is 2.64 bits per heavy atom. The predicted molar refractivity (Wildman–Crippen MR) is 198 cm³/mol.